The summed E-state index contributed by atoms with van der Waals surface area (Å²) in [5.41, 5.74) is 0. The first kappa shape index (κ1) is 9.45. The molecule has 0 amide bonds. The summed E-state index contributed by atoms with van der Waals surface area (Å²) in [6.45, 7) is 4.01. The Balaban J connectivity index is 2.21. The van der Waals surface area contributed by atoms with Gasteiger partial charge in [-0.25, -0.2) is 4.79 Å². The van der Waals surface area contributed by atoms with E-state index in [1.165, 1.54) is 0 Å². The van der Waals surface area contributed by atoms with Crippen molar-refractivity contribution in [2.24, 2.45) is 5.92 Å². The topological polar surface area (TPSA) is 29.5 Å². The summed E-state index contributed by atoms with van der Waals surface area (Å²) in [6, 6.07) is 0. The fraction of sp³-hybridized carbons (Fsp3) is 0.875. The smallest absolute Gasteiger partial charge is 0.293 e. The molecule has 12 heavy (non-hydrogen) atoms. The summed E-state index contributed by atoms with van der Waals surface area (Å²) in [6.07, 6.45) is 2.17. The van der Waals surface area contributed by atoms with Crippen LogP contribution in [0.4, 0.5) is 4.53 Å². The SMILES string of the molecule is CC1CCN(CC(=O)OF)CC1. The molecule has 4 heteroatoms. The van der Waals surface area contributed by atoms with E-state index >= 15 is 0 Å². The number of piperidine rings is 1. The fourth-order valence-electron chi connectivity index (χ4n) is 1.43. The fourth-order valence-corrected chi connectivity index (χ4v) is 1.43. The highest BCUT2D eigenvalue weighted by molar-refractivity contribution is 5.70. The lowest BCUT2D eigenvalue weighted by Crippen LogP contribution is -2.36. The first-order chi connectivity index (χ1) is 5.72. The van der Waals surface area contributed by atoms with Gasteiger partial charge in [-0.3, -0.25) is 9.84 Å². The van der Waals surface area contributed by atoms with Crippen molar-refractivity contribution in [3.63, 3.8) is 0 Å². The molecule has 1 aliphatic heterocycles. The number of rotatable bonds is 2. The van der Waals surface area contributed by atoms with Crippen LogP contribution in [-0.2, 0) is 9.74 Å². The van der Waals surface area contributed by atoms with Gasteiger partial charge >= 0.3 is 5.97 Å². The Bertz CT molecular complexity index is 155. The van der Waals surface area contributed by atoms with Crippen molar-refractivity contribution in [2.45, 2.75) is 19.8 Å². The van der Waals surface area contributed by atoms with E-state index in [1.54, 1.807) is 0 Å². The van der Waals surface area contributed by atoms with Crippen LogP contribution in [0.3, 0.4) is 0 Å². The van der Waals surface area contributed by atoms with Gasteiger partial charge in [0.2, 0.25) is 0 Å². The molecule has 0 radical (unpaired) electrons. The van der Waals surface area contributed by atoms with Crippen molar-refractivity contribution < 1.29 is 14.3 Å². The monoisotopic (exact) mass is 175 g/mol. The largest absolute Gasteiger partial charge is 0.362 e. The third-order valence-electron chi connectivity index (χ3n) is 2.32. The molecule has 1 aliphatic rings. The predicted molar refractivity (Wildman–Crippen MR) is 42.0 cm³/mol. The quantitative estimate of drug-likeness (QED) is 0.630. The maximum Gasteiger partial charge on any atom is 0.362 e. The summed E-state index contributed by atoms with van der Waals surface area (Å²) >= 11 is 0. The maximum atomic E-state index is 11.3. The molecule has 0 unspecified atom stereocenters. The maximum absolute atomic E-state index is 11.3. The second kappa shape index (κ2) is 4.40. The minimum Gasteiger partial charge on any atom is -0.293 e. The van der Waals surface area contributed by atoms with E-state index in [0.717, 1.165) is 31.8 Å². The average Bonchev–Trinajstić information content (AvgIpc) is 2.09. The molecule has 70 valence electrons. The first-order valence-electron chi connectivity index (χ1n) is 4.26. The van der Waals surface area contributed by atoms with Gasteiger partial charge < -0.3 is 0 Å². The third kappa shape index (κ3) is 2.77. The van der Waals surface area contributed by atoms with Crippen LogP contribution in [0.1, 0.15) is 19.8 Å². The van der Waals surface area contributed by atoms with Crippen molar-refractivity contribution in [3.05, 3.63) is 0 Å². The molecular formula is C8H14FNO2. The lowest BCUT2D eigenvalue weighted by molar-refractivity contribution is -0.185. The highest BCUT2D eigenvalue weighted by atomic mass is 19.3. The molecule has 0 aromatic carbocycles. The molecule has 0 bridgehead atoms. The number of hydrogen-bond acceptors (Lipinski definition) is 3. The van der Waals surface area contributed by atoms with Crippen molar-refractivity contribution in [1.82, 2.24) is 4.90 Å². The Morgan fingerprint density at radius 3 is 2.67 bits per heavy atom. The summed E-state index contributed by atoms with van der Waals surface area (Å²) in [7, 11) is 0. The lowest BCUT2D eigenvalue weighted by atomic mass is 9.99. The Labute approximate surface area is 71.4 Å². The van der Waals surface area contributed by atoms with Crippen LogP contribution >= 0.6 is 0 Å². The van der Waals surface area contributed by atoms with E-state index in [1.807, 2.05) is 4.90 Å². The number of nitrogens with zero attached hydrogens (tertiary/aromatic N) is 1. The molecule has 0 spiro atoms. The van der Waals surface area contributed by atoms with Crippen molar-refractivity contribution >= 4 is 5.97 Å². The van der Waals surface area contributed by atoms with Gasteiger partial charge in [0.05, 0.1) is 0 Å². The van der Waals surface area contributed by atoms with Crippen LogP contribution in [0.25, 0.3) is 0 Å². The highest BCUT2D eigenvalue weighted by Crippen LogP contribution is 2.15. The zero-order valence-electron chi connectivity index (χ0n) is 7.25. The van der Waals surface area contributed by atoms with Crippen molar-refractivity contribution in [1.29, 1.82) is 0 Å². The van der Waals surface area contributed by atoms with E-state index in [2.05, 4.69) is 11.9 Å². The van der Waals surface area contributed by atoms with E-state index < -0.39 is 5.97 Å². The van der Waals surface area contributed by atoms with Gasteiger partial charge in [0, 0.05) is 4.53 Å². The zero-order valence-corrected chi connectivity index (χ0v) is 7.25. The van der Waals surface area contributed by atoms with Crippen LogP contribution in [0.15, 0.2) is 0 Å². The van der Waals surface area contributed by atoms with Gasteiger partial charge in [-0.15, -0.1) is 0 Å². The molecule has 1 saturated heterocycles. The molecule has 0 aliphatic carbocycles. The molecule has 1 heterocycles. The minimum absolute atomic E-state index is 0.0865. The van der Waals surface area contributed by atoms with Crippen molar-refractivity contribution in [3.8, 4) is 0 Å². The summed E-state index contributed by atoms with van der Waals surface area (Å²) < 4.78 is 11.3. The van der Waals surface area contributed by atoms with Gasteiger partial charge in [0.25, 0.3) is 0 Å². The number of carbonyl (C=O) groups is 1. The molecular weight excluding hydrogens is 161 g/mol. The Hall–Kier alpha value is -0.640. The van der Waals surface area contributed by atoms with Crippen molar-refractivity contribution in [2.75, 3.05) is 19.6 Å². The molecule has 3 nitrogen and oxygen atoms in total. The molecule has 0 saturated carbocycles. The second-order valence-electron chi connectivity index (χ2n) is 3.41. The number of halogens is 1. The van der Waals surface area contributed by atoms with E-state index in [-0.39, 0.29) is 6.54 Å². The average molecular weight is 175 g/mol. The Morgan fingerprint density at radius 1 is 1.58 bits per heavy atom. The number of likely N-dealkylation sites (tertiary alicyclic amines) is 1. The number of hydrogen-bond donors (Lipinski definition) is 0. The third-order valence-corrected chi connectivity index (χ3v) is 2.32. The molecule has 0 N–H and O–H groups in total. The summed E-state index contributed by atoms with van der Waals surface area (Å²) in [5.74, 6) is -0.0628. The van der Waals surface area contributed by atoms with E-state index in [0.29, 0.717) is 0 Å². The molecule has 1 rings (SSSR count). The van der Waals surface area contributed by atoms with E-state index in [4.69, 9.17) is 0 Å². The minimum atomic E-state index is -0.787. The lowest BCUT2D eigenvalue weighted by Gasteiger charge is -2.28. The zero-order chi connectivity index (χ0) is 8.97. The van der Waals surface area contributed by atoms with E-state index in [9.17, 15) is 9.32 Å². The normalized spacial score (nSPS) is 20.8. The molecule has 0 aromatic heterocycles. The summed E-state index contributed by atoms with van der Waals surface area (Å²) in [4.78, 5) is 15.5. The molecule has 0 atom stereocenters. The van der Waals surface area contributed by atoms with Crippen LogP contribution < -0.4 is 0 Å². The van der Waals surface area contributed by atoms with Gasteiger partial charge in [0.1, 0.15) is 6.54 Å². The van der Waals surface area contributed by atoms with Crippen LogP contribution in [0.2, 0.25) is 0 Å². The van der Waals surface area contributed by atoms with Gasteiger partial charge in [-0.2, -0.15) is 0 Å². The van der Waals surface area contributed by atoms with Crippen LogP contribution in [-0.4, -0.2) is 30.5 Å². The van der Waals surface area contributed by atoms with Crippen LogP contribution in [0.5, 0.6) is 0 Å². The highest BCUT2D eigenvalue weighted by Gasteiger charge is 2.18. The molecule has 1 fully saturated rings. The Morgan fingerprint density at radius 2 is 2.17 bits per heavy atom. The van der Waals surface area contributed by atoms with Gasteiger partial charge in [-0.1, -0.05) is 6.92 Å². The Kier molecular flexibility index (Phi) is 3.47. The van der Waals surface area contributed by atoms with Gasteiger partial charge in [-0.05, 0) is 31.8 Å². The first-order valence-corrected chi connectivity index (χ1v) is 4.26. The summed E-state index contributed by atoms with van der Waals surface area (Å²) in [5, 5.41) is 0. The van der Waals surface area contributed by atoms with Crippen LogP contribution in [0, 0.1) is 5.92 Å². The second-order valence-corrected chi connectivity index (χ2v) is 3.41. The standard InChI is InChI=1S/C8H14FNO2/c1-7-2-4-10(5-3-7)6-8(11)12-9/h7H,2-6H2,1H3. The number of carbonyl (C=O) groups excluding carboxylic acids is 1. The van der Waals surface area contributed by atoms with Gasteiger partial charge in [0.15, 0.2) is 0 Å². The predicted octanol–water partition coefficient (Wildman–Crippen LogP) is 1.15. The molecule has 0 aromatic rings.